The Kier molecular flexibility index (Phi) is 7.45. The fourth-order valence-electron chi connectivity index (χ4n) is 3.97. The van der Waals surface area contributed by atoms with Gasteiger partial charge in [-0.3, -0.25) is 14.9 Å². The summed E-state index contributed by atoms with van der Waals surface area (Å²) < 4.78 is 5.84. The van der Waals surface area contributed by atoms with Crippen molar-refractivity contribution in [3.63, 3.8) is 0 Å². The third-order valence-corrected chi connectivity index (χ3v) is 5.69. The van der Waals surface area contributed by atoms with E-state index in [4.69, 9.17) is 4.74 Å². The van der Waals surface area contributed by atoms with Gasteiger partial charge < -0.3 is 4.74 Å². The Bertz CT molecular complexity index is 1240. The fourth-order valence-corrected chi connectivity index (χ4v) is 3.97. The number of Topliss-reactive ketones (excluding diaryl/α,β-unsaturated/α-hetero) is 1. The van der Waals surface area contributed by atoms with Crippen LogP contribution >= 0.6 is 0 Å². The summed E-state index contributed by atoms with van der Waals surface area (Å²) in [5.41, 5.74) is 3.38. The van der Waals surface area contributed by atoms with Crippen molar-refractivity contribution < 1.29 is 14.5 Å². The number of nitrogens with zero attached hydrogens (tertiary/aromatic N) is 1. The summed E-state index contributed by atoms with van der Waals surface area (Å²) in [6, 6.07) is 33.5. The second-order valence-electron chi connectivity index (χ2n) is 8.15. The molecule has 4 aromatic rings. The second-order valence-corrected chi connectivity index (χ2v) is 8.15. The second kappa shape index (κ2) is 11.1. The summed E-state index contributed by atoms with van der Waals surface area (Å²) >= 11 is 0. The van der Waals surface area contributed by atoms with E-state index in [1.807, 2.05) is 91.0 Å². The highest BCUT2D eigenvalue weighted by Gasteiger charge is 2.23. The standard InChI is InChI=1S/C29H25NO4/c31-29(25-14-8-3-9-15-25)26(18-22-10-4-1-5-11-22)19-24-16-17-27(30(32)33)28(20-24)34-21-23-12-6-2-7-13-23/h1-17,20,26H,18-19,21H2. The molecule has 0 fully saturated rings. The number of ether oxygens (including phenoxy) is 1. The highest BCUT2D eigenvalue weighted by atomic mass is 16.6. The summed E-state index contributed by atoms with van der Waals surface area (Å²) in [7, 11) is 0. The predicted octanol–water partition coefficient (Wildman–Crippen LogP) is 6.46. The van der Waals surface area contributed by atoms with Crippen molar-refractivity contribution in [3.05, 3.63) is 142 Å². The summed E-state index contributed by atoms with van der Waals surface area (Å²) in [6.07, 6.45) is 1.02. The van der Waals surface area contributed by atoms with Crippen LogP contribution in [0.2, 0.25) is 0 Å². The van der Waals surface area contributed by atoms with Gasteiger partial charge >= 0.3 is 5.69 Å². The number of rotatable bonds is 10. The molecular weight excluding hydrogens is 426 g/mol. The van der Waals surface area contributed by atoms with Crippen LogP contribution in [-0.4, -0.2) is 10.7 Å². The minimum Gasteiger partial charge on any atom is -0.482 e. The van der Waals surface area contributed by atoms with Crippen LogP contribution in [0.25, 0.3) is 0 Å². The lowest BCUT2D eigenvalue weighted by Gasteiger charge is -2.17. The largest absolute Gasteiger partial charge is 0.482 e. The molecule has 0 bridgehead atoms. The molecule has 0 aliphatic heterocycles. The van der Waals surface area contributed by atoms with E-state index in [2.05, 4.69) is 0 Å². The van der Waals surface area contributed by atoms with E-state index < -0.39 is 4.92 Å². The van der Waals surface area contributed by atoms with E-state index in [1.165, 1.54) is 6.07 Å². The van der Waals surface area contributed by atoms with Crippen LogP contribution in [-0.2, 0) is 19.4 Å². The van der Waals surface area contributed by atoms with E-state index in [-0.39, 0.29) is 29.7 Å². The molecule has 0 aliphatic rings. The highest BCUT2D eigenvalue weighted by molar-refractivity contribution is 5.98. The van der Waals surface area contributed by atoms with Gasteiger partial charge in [-0.2, -0.15) is 0 Å². The van der Waals surface area contributed by atoms with Gasteiger partial charge in [-0.05, 0) is 35.6 Å². The average molecular weight is 452 g/mol. The number of ketones is 1. The fraction of sp³-hybridized carbons (Fsp3) is 0.138. The first-order valence-electron chi connectivity index (χ1n) is 11.2. The molecule has 4 aromatic carbocycles. The molecule has 5 heteroatoms. The van der Waals surface area contributed by atoms with Crippen molar-refractivity contribution >= 4 is 11.5 Å². The van der Waals surface area contributed by atoms with Gasteiger partial charge in [-0.15, -0.1) is 0 Å². The van der Waals surface area contributed by atoms with E-state index in [1.54, 1.807) is 12.1 Å². The van der Waals surface area contributed by atoms with Crippen molar-refractivity contribution in [2.45, 2.75) is 19.4 Å². The molecule has 1 unspecified atom stereocenters. The molecule has 0 N–H and O–H groups in total. The van der Waals surface area contributed by atoms with Crippen LogP contribution < -0.4 is 4.74 Å². The molecule has 0 radical (unpaired) electrons. The predicted molar refractivity (Wildman–Crippen MR) is 132 cm³/mol. The van der Waals surface area contributed by atoms with Crippen molar-refractivity contribution in [3.8, 4) is 5.75 Å². The molecule has 1 atom stereocenters. The Morgan fingerprint density at radius 1 is 0.735 bits per heavy atom. The molecule has 0 saturated heterocycles. The topological polar surface area (TPSA) is 69.4 Å². The molecule has 0 amide bonds. The van der Waals surface area contributed by atoms with Crippen molar-refractivity contribution in [2.24, 2.45) is 5.92 Å². The van der Waals surface area contributed by atoms with Gasteiger partial charge in [0.1, 0.15) is 6.61 Å². The Morgan fingerprint density at radius 2 is 1.29 bits per heavy atom. The first-order chi connectivity index (χ1) is 16.6. The van der Waals surface area contributed by atoms with Crippen molar-refractivity contribution in [1.29, 1.82) is 0 Å². The van der Waals surface area contributed by atoms with E-state index in [0.29, 0.717) is 18.4 Å². The van der Waals surface area contributed by atoms with Gasteiger partial charge in [0.25, 0.3) is 0 Å². The number of carbonyl (C=O) groups excluding carboxylic acids is 1. The number of nitro groups is 1. The maximum Gasteiger partial charge on any atom is 0.310 e. The highest BCUT2D eigenvalue weighted by Crippen LogP contribution is 2.31. The molecular formula is C29H25NO4. The molecule has 0 spiro atoms. The lowest BCUT2D eigenvalue weighted by Crippen LogP contribution is -2.20. The van der Waals surface area contributed by atoms with Gasteiger partial charge in [0.05, 0.1) is 4.92 Å². The van der Waals surface area contributed by atoms with Gasteiger partial charge in [0.15, 0.2) is 11.5 Å². The van der Waals surface area contributed by atoms with Crippen LogP contribution in [0.1, 0.15) is 27.0 Å². The van der Waals surface area contributed by atoms with Crippen LogP contribution in [0.5, 0.6) is 5.75 Å². The first-order valence-corrected chi connectivity index (χ1v) is 11.2. The van der Waals surface area contributed by atoms with Crippen molar-refractivity contribution in [2.75, 3.05) is 0 Å². The zero-order valence-electron chi connectivity index (χ0n) is 18.7. The summed E-state index contributed by atoms with van der Waals surface area (Å²) in [5.74, 6) is -0.0558. The maximum atomic E-state index is 13.4. The molecule has 34 heavy (non-hydrogen) atoms. The van der Waals surface area contributed by atoms with Crippen LogP contribution in [0, 0.1) is 16.0 Å². The lowest BCUT2D eigenvalue weighted by molar-refractivity contribution is -0.386. The normalized spacial score (nSPS) is 11.5. The minimum atomic E-state index is -0.444. The van der Waals surface area contributed by atoms with E-state index in [0.717, 1.165) is 16.7 Å². The quantitative estimate of drug-likeness (QED) is 0.158. The molecule has 0 aromatic heterocycles. The Morgan fingerprint density at radius 3 is 1.91 bits per heavy atom. The zero-order chi connectivity index (χ0) is 23.8. The smallest absolute Gasteiger partial charge is 0.310 e. The molecule has 0 heterocycles. The van der Waals surface area contributed by atoms with E-state index >= 15 is 0 Å². The SMILES string of the molecule is O=C(c1ccccc1)C(Cc1ccccc1)Cc1ccc([N+](=O)[O-])c(OCc2ccccc2)c1. The van der Waals surface area contributed by atoms with Crippen LogP contribution in [0.4, 0.5) is 5.69 Å². The third kappa shape index (κ3) is 5.95. The number of benzene rings is 4. The van der Waals surface area contributed by atoms with Crippen LogP contribution in [0.15, 0.2) is 109 Å². The summed E-state index contributed by atoms with van der Waals surface area (Å²) in [5, 5.41) is 11.6. The zero-order valence-corrected chi connectivity index (χ0v) is 18.7. The molecule has 0 saturated carbocycles. The number of hydrogen-bond acceptors (Lipinski definition) is 4. The van der Waals surface area contributed by atoms with Gasteiger partial charge in [-0.25, -0.2) is 0 Å². The van der Waals surface area contributed by atoms with Gasteiger partial charge in [-0.1, -0.05) is 97.1 Å². The molecule has 5 nitrogen and oxygen atoms in total. The van der Waals surface area contributed by atoms with Gasteiger partial charge in [0, 0.05) is 17.5 Å². The molecule has 4 rings (SSSR count). The first kappa shape index (κ1) is 22.9. The maximum absolute atomic E-state index is 13.4. The number of carbonyl (C=O) groups is 1. The summed E-state index contributed by atoms with van der Waals surface area (Å²) in [6.45, 7) is 0.224. The Labute approximate surface area is 198 Å². The van der Waals surface area contributed by atoms with Crippen LogP contribution in [0.3, 0.4) is 0 Å². The lowest BCUT2D eigenvalue weighted by atomic mass is 9.86. The van der Waals surface area contributed by atoms with Crippen molar-refractivity contribution in [1.82, 2.24) is 0 Å². The Hall–Kier alpha value is -4.25. The monoisotopic (exact) mass is 451 g/mol. The summed E-state index contributed by atoms with van der Waals surface area (Å²) in [4.78, 5) is 24.5. The Balaban J connectivity index is 1.60. The molecule has 170 valence electrons. The third-order valence-electron chi connectivity index (χ3n) is 5.69. The number of hydrogen-bond donors (Lipinski definition) is 0. The minimum absolute atomic E-state index is 0.0505. The average Bonchev–Trinajstić information content (AvgIpc) is 2.88. The molecule has 0 aliphatic carbocycles. The number of nitro benzene ring substituents is 1. The van der Waals surface area contributed by atoms with Gasteiger partial charge in [0.2, 0.25) is 0 Å². The van der Waals surface area contributed by atoms with E-state index in [9.17, 15) is 14.9 Å².